The van der Waals surface area contributed by atoms with Gasteiger partial charge in [0, 0.05) is 44.8 Å². The summed E-state index contributed by atoms with van der Waals surface area (Å²) in [5, 5.41) is 0. The highest BCUT2D eigenvalue weighted by Crippen LogP contribution is 2.29. The van der Waals surface area contributed by atoms with Gasteiger partial charge in [-0.3, -0.25) is 14.8 Å². The molecule has 29 heavy (non-hydrogen) atoms. The van der Waals surface area contributed by atoms with Crippen LogP contribution in [-0.4, -0.2) is 50.9 Å². The highest BCUT2D eigenvalue weighted by Gasteiger charge is 2.28. The van der Waals surface area contributed by atoms with Gasteiger partial charge in [-0.2, -0.15) is 0 Å². The molecule has 0 saturated carbocycles. The summed E-state index contributed by atoms with van der Waals surface area (Å²) >= 11 is 0. The molecule has 146 valence electrons. The SMILES string of the molecule is CN1CCN(Cc2cccnc2)C[C@@H]1c1ncn2cc(-c3ccccc3)ccc12. The van der Waals surface area contributed by atoms with Gasteiger partial charge in [0.2, 0.25) is 0 Å². The number of hydrogen-bond donors (Lipinski definition) is 0. The van der Waals surface area contributed by atoms with Gasteiger partial charge in [0.05, 0.1) is 23.6 Å². The summed E-state index contributed by atoms with van der Waals surface area (Å²) in [5.74, 6) is 0. The van der Waals surface area contributed by atoms with Gasteiger partial charge in [0.25, 0.3) is 0 Å². The topological polar surface area (TPSA) is 36.7 Å². The van der Waals surface area contributed by atoms with Crippen LogP contribution in [0.5, 0.6) is 0 Å². The molecule has 1 atom stereocenters. The molecule has 1 fully saturated rings. The Bertz CT molecular complexity index is 1090. The minimum atomic E-state index is 0.285. The van der Waals surface area contributed by atoms with Gasteiger partial charge in [0.1, 0.15) is 0 Å². The molecule has 1 saturated heterocycles. The quantitative estimate of drug-likeness (QED) is 0.536. The normalized spacial score (nSPS) is 18.3. The van der Waals surface area contributed by atoms with Crippen molar-refractivity contribution in [3.63, 3.8) is 0 Å². The van der Waals surface area contributed by atoms with E-state index in [1.807, 2.05) is 30.9 Å². The Hall–Kier alpha value is -3.02. The molecule has 1 aromatic carbocycles. The molecule has 4 heterocycles. The first kappa shape index (κ1) is 18.0. The van der Waals surface area contributed by atoms with Crippen LogP contribution in [0.3, 0.4) is 0 Å². The molecule has 4 aromatic rings. The number of imidazole rings is 1. The average Bonchev–Trinajstić information content (AvgIpc) is 3.19. The van der Waals surface area contributed by atoms with Crippen molar-refractivity contribution in [1.82, 2.24) is 24.2 Å². The van der Waals surface area contributed by atoms with E-state index in [9.17, 15) is 0 Å². The monoisotopic (exact) mass is 383 g/mol. The second-order valence-electron chi connectivity index (χ2n) is 7.80. The summed E-state index contributed by atoms with van der Waals surface area (Å²) in [6.45, 7) is 4.00. The third-order valence-corrected chi connectivity index (χ3v) is 5.84. The maximum atomic E-state index is 4.83. The Labute approximate surface area is 171 Å². The summed E-state index contributed by atoms with van der Waals surface area (Å²) in [5.41, 5.74) is 6.03. The van der Waals surface area contributed by atoms with Gasteiger partial charge in [-0.15, -0.1) is 0 Å². The molecule has 0 amide bonds. The van der Waals surface area contributed by atoms with Crippen molar-refractivity contribution in [1.29, 1.82) is 0 Å². The van der Waals surface area contributed by atoms with E-state index in [4.69, 9.17) is 4.98 Å². The molecule has 5 nitrogen and oxygen atoms in total. The first-order valence-corrected chi connectivity index (χ1v) is 10.1. The number of likely N-dealkylation sites (N-methyl/N-ethyl adjacent to an activating group) is 1. The summed E-state index contributed by atoms with van der Waals surface area (Å²) in [6.07, 6.45) is 7.92. The average molecular weight is 383 g/mol. The van der Waals surface area contributed by atoms with Crippen LogP contribution in [0, 0.1) is 0 Å². The van der Waals surface area contributed by atoms with Crippen LogP contribution in [0.4, 0.5) is 0 Å². The third-order valence-electron chi connectivity index (χ3n) is 5.84. The van der Waals surface area contributed by atoms with E-state index in [1.165, 1.54) is 22.2 Å². The number of nitrogens with zero attached hydrogens (tertiary/aromatic N) is 5. The largest absolute Gasteiger partial charge is 0.305 e. The molecule has 0 unspecified atom stereocenters. The van der Waals surface area contributed by atoms with E-state index in [1.54, 1.807) is 0 Å². The van der Waals surface area contributed by atoms with Gasteiger partial charge in [-0.1, -0.05) is 42.5 Å². The van der Waals surface area contributed by atoms with Crippen molar-refractivity contribution in [3.8, 4) is 11.1 Å². The van der Waals surface area contributed by atoms with E-state index >= 15 is 0 Å². The fraction of sp³-hybridized carbons (Fsp3) is 0.250. The van der Waals surface area contributed by atoms with Crippen molar-refractivity contribution in [2.24, 2.45) is 0 Å². The Balaban J connectivity index is 1.41. The first-order chi connectivity index (χ1) is 14.3. The number of aromatic nitrogens is 3. The zero-order valence-electron chi connectivity index (χ0n) is 16.6. The Morgan fingerprint density at radius 1 is 0.966 bits per heavy atom. The second kappa shape index (κ2) is 7.78. The molecule has 0 radical (unpaired) electrons. The molecule has 3 aromatic heterocycles. The Morgan fingerprint density at radius 2 is 1.86 bits per heavy atom. The zero-order valence-corrected chi connectivity index (χ0v) is 16.6. The van der Waals surface area contributed by atoms with Crippen molar-refractivity contribution >= 4 is 5.52 Å². The van der Waals surface area contributed by atoms with Crippen LogP contribution in [0.25, 0.3) is 16.6 Å². The molecule has 1 aliphatic heterocycles. The maximum absolute atomic E-state index is 4.83. The second-order valence-corrected chi connectivity index (χ2v) is 7.80. The van der Waals surface area contributed by atoms with E-state index in [0.717, 1.165) is 31.9 Å². The van der Waals surface area contributed by atoms with Crippen LogP contribution < -0.4 is 0 Å². The molecule has 0 bridgehead atoms. The van der Waals surface area contributed by atoms with Gasteiger partial charge in [-0.05, 0) is 35.9 Å². The van der Waals surface area contributed by atoms with Gasteiger partial charge in [0.15, 0.2) is 0 Å². The standard InChI is InChI=1S/C24H25N5/c1-27-12-13-28(15-19-6-5-11-25-14-19)17-23(27)24-22-10-9-21(16-29(22)18-26-24)20-7-3-2-4-8-20/h2-11,14,16,18,23H,12-13,15,17H2,1H3/t23-/m1/s1. The number of fused-ring (bicyclic) bond motifs is 1. The smallest absolute Gasteiger partial charge is 0.0996 e. The fourth-order valence-corrected chi connectivity index (χ4v) is 4.20. The van der Waals surface area contributed by atoms with Gasteiger partial charge < -0.3 is 4.40 Å². The number of benzene rings is 1. The lowest BCUT2D eigenvalue weighted by molar-refractivity contribution is 0.0892. The predicted octanol–water partition coefficient (Wildman–Crippen LogP) is 3.89. The summed E-state index contributed by atoms with van der Waals surface area (Å²) in [6, 6.07) is 19.3. The molecular formula is C24H25N5. The number of hydrogen-bond acceptors (Lipinski definition) is 4. The van der Waals surface area contributed by atoms with E-state index in [2.05, 4.69) is 74.9 Å². The van der Waals surface area contributed by atoms with E-state index < -0.39 is 0 Å². The van der Waals surface area contributed by atoms with Crippen LogP contribution in [0.1, 0.15) is 17.3 Å². The molecule has 5 rings (SSSR count). The highest BCUT2D eigenvalue weighted by atomic mass is 15.3. The number of rotatable bonds is 4. The van der Waals surface area contributed by atoms with Crippen LogP contribution in [-0.2, 0) is 6.54 Å². The van der Waals surface area contributed by atoms with Crippen molar-refractivity contribution in [3.05, 3.63) is 90.8 Å². The summed E-state index contributed by atoms with van der Waals surface area (Å²) < 4.78 is 2.16. The fourth-order valence-electron chi connectivity index (χ4n) is 4.20. The Morgan fingerprint density at radius 3 is 2.69 bits per heavy atom. The first-order valence-electron chi connectivity index (χ1n) is 10.1. The summed E-state index contributed by atoms with van der Waals surface area (Å²) in [4.78, 5) is 14.0. The van der Waals surface area contributed by atoms with E-state index in [0.29, 0.717) is 0 Å². The van der Waals surface area contributed by atoms with E-state index in [-0.39, 0.29) is 6.04 Å². The van der Waals surface area contributed by atoms with Crippen molar-refractivity contribution in [2.75, 3.05) is 26.7 Å². The lowest BCUT2D eigenvalue weighted by atomic mass is 10.1. The lowest BCUT2D eigenvalue weighted by Gasteiger charge is -2.38. The van der Waals surface area contributed by atoms with Crippen LogP contribution in [0.15, 0.2) is 79.5 Å². The minimum Gasteiger partial charge on any atom is -0.305 e. The van der Waals surface area contributed by atoms with Gasteiger partial charge >= 0.3 is 0 Å². The molecule has 0 N–H and O–H groups in total. The van der Waals surface area contributed by atoms with Crippen LogP contribution >= 0.6 is 0 Å². The highest BCUT2D eigenvalue weighted by molar-refractivity contribution is 5.66. The molecule has 0 spiro atoms. The third kappa shape index (κ3) is 3.67. The lowest BCUT2D eigenvalue weighted by Crippen LogP contribution is -2.46. The minimum absolute atomic E-state index is 0.285. The van der Waals surface area contributed by atoms with Crippen molar-refractivity contribution < 1.29 is 0 Å². The molecule has 5 heteroatoms. The number of pyridine rings is 2. The predicted molar refractivity (Wildman–Crippen MR) is 116 cm³/mol. The zero-order chi connectivity index (χ0) is 19.6. The molecule has 0 aliphatic carbocycles. The number of piperazine rings is 1. The summed E-state index contributed by atoms with van der Waals surface area (Å²) in [7, 11) is 2.20. The van der Waals surface area contributed by atoms with Crippen LogP contribution in [0.2, 0.25) is 0 Å². The molecule has 1 aliphatic rings. The van der Waals surface area contributed by atoms with Gasteiger partial charge in [-0.25, -0.2) is 4.98 Å². The molecular weight excluding hydrogens is 358 g/mol. The van der Waals surface area contributed by atoms with Crippen molar-refractivity contribution in [2.45, 2.75) is 12.6 Å². The maximum Gasteiger partial charge on any atom is 0.0996 e. The Kier molecular flexibility index (Phi) is 4.84.